The minimum absolute atomic E-state index is 0.0792. The quantitative estimate of drug-likeness (QED) is 0.522. The molecule has 0 N–H and O–H groups in total. The fraction of sp³-hybridized carbons (Fsp3) is 0.375. The third-order valence-electron chi connectivity index (χ3n) is 6.17. The van der Waals surface area contributed by atoms with E-state index < -0.39 is 0 Å². The van der Waals surface area contributed by atoms with Crippen molar-refractivity contribution in [2.24, 2.45) is 0 Å². The molecule has 0 bridgehead atoms. The van der Waals surface area contributed by atoms with E-state index in [0.717, 1.165) is 40.6 Å². The molecule has 32 heavy (non-hydrogen) atoms. The van der Waals surface area contributed by atoms with Crippen LogP contribution in [0, 0.1) is 12.7 Å². The Bertz CT molecular complexity index is 1120. The standard InChI is InChI=1S/C24H24ClFN4OS/c1-15-17(14-18-19(25)4-2-5-20(18)26)23(28-22(27-15)16-7-8-16)29-9-11-30(12-10-29)24(31)21-6-3-13-32-21/h2-6,13,16H,7-12,14H2,1H3. The molecule has 1 saturated carbocycles. The second-order valence-electron chi connectivity index (χ2n) is 8.38. The molecule has 1 amide bonds. The summed E-state index contributed by atoms with van der Waals surface area (Å²) >= 11 is 7.80. The van der Waals surface area contributed by atoms with Crippen LogP contribution in [0.3, 0.4) is 0 Å². The van der Waals surface area contributed by atoms with E-state index in [0.29, 0.717) is 49.1 Å². The molecule has 3 aromatic rings. The van der Waals surface area contributed by atoms with Crippen molar-refractivity contribution in [2.75, 3.05) is 31.1 Å². The molecule has 0 radical (unpaired) electrons. The normalized spacial score (nSPS) is 16.5. The van der Waals surface area contributed by atoms with E-state index in [9.17, 15) is 9.18 Å². The number of nitrogens with zero attached hydrogens (tertiary/aromatic N) is 4. The topological polar surface area (TPSA) is 49.3 Å². The predicted octanol–water partition coefficient (Wildman–Crippen LogP) is 5.07. The summed E-state index contributed by atoms with van der Waals surface area (Å²) in [5.41, 5.74) is 2.24. The number of rotatable bonds is 5. The lowest BCUT2D eigenvalue weighted by atomic mass is 10.0. The summed E-state index contributed by atoms with van der Waals surface area (Å²) in [4.78, 5) is 27.3. The first kappa shape index (κ1) is 21.3. The summed E-state index contributed by atoms with van der Waals surface area (Å²) in [5, 5.41) is 2.33. The number of hydrogen-bond donors (Lipinski definition) is 0. The molecule has 3 heterocycles. The molecule has 8 heteroatoms. The molecule has 1 aromatic carbocycles. The van der Waals surface area contributed by atoms with Crippen LogP contribution in [0.15, 0.2) is 35.7 Å². The van der Waals surface area contributed by atoms with Crippen LogP contribution in [0.25, 0.3) is 0 Å². The number of amides is 1. The Morgan fingerprint density at radius 3 is 2.56 bits per heavy atom. The highest BCUT2D eigenvalue weighted by Crippen LogP contribution is 2.40. The highest BCUT2D eigenvalue weighted by Gasteiger charge is 2.31. The summed E-state index contributed by atoms with van der Waals surface area (Å²) < 4.78 is 14.6. The van der Waals surface area contributed by atoms with Crippen LogP contribution in [-0.2, 0) is 6.42 Å². The fourth-order valence-corrected chi connectivity index (χ4v) is 5.07. The average molecular weight is 471 g/mol. The second kappa shape index (κ2) is 8.79. The number of piperazine rings is 1. The Labute approximate surface area is 195 Å². The van der Waals surface area contributed by atoms with Crippen molar-refractivity contribution in [3.63, 3.8) is 0 Å². The van der Waals surface area contributed by atoms with Gasteiger partial charge >= 0.3 is 0 Å². The van der Waals surface area contributed by atoms with Crippen LogP contribution < -0.4 is 4.90 Å². The first-order chi connectivity index (χ1) is 15.5. The zero-order valence-electron chi connectivity index (χ0n) is 17.9. The number of hydrogen-bond acceptors (Lipinski definition) is 5. The van der Waals surface area contributed by atoms with Crippen molar-refractivity contribution in [1.82, 2.24) is 14.9 Å². The predicted molar refractivity (Wildman–Crippen MR) is 125 cm³/mol. The van der Waals surface area contributed by atoms with E-state index >= 15 is 0 Å². The van der Waals surface area contributed by atoms with E-state index in [1.165, 1.54) is 17.4 Å². The third-order valence-corrected chi connectivity index (χ3v) is 7.38. The molecule has 0 unspecified atom stereocenters. The Morgan fingerprint density at radius 2 is 1.91 bits per heavy atom. The maximum atomic E-state index is 14.6. The summed E-state index contributed by atoms with van der Waals surface area (Å²) in [6, 6.07) is 8.53. The van der Waals surface area contributed by atoms with Gasteiger partial charge in [0.25, 0.3) is 5.91 Å². The van der Waals surface area contributed by atoms with Crippen molar-refractivity contribution in [1.29, 1.82) is 0 Å². The zero-order valence-corrected chi connectivity index (χ0v) is 19.4. The molecule has 0 atom stereocenters. The Balaban J connectivity index is 1.43. The summed E-state index contributed by atoms with van der Waals surface area (Å²) in [7, 11) is 0. The lowest BCUT2D eigenvalue weighted by Crippen LogP contribution is -2.49. The van der Waals surface area contributed by atoms with Gasteiger partial charge in [0.2, 0.25) is 0 Å². The monoisotopic (exact) mass is 470 g/mol. The van der Waals surface area contributed by atoms with Gasteiger partial charge in [0.15, 0.2) is 0 Å². The van der Waals surface area contributed by atoms with Gasteiger partial charge in [0.1, 0.15) is 17.5 Å². The van der Waals surface area contributed by atoms with Crippen LogP contribution in [0.4, 0.5) is 10.2 Å². The molecule has 2 aromatic heterocycles. The van der Waals surface area contributed by atoms with Crippen molar-refractivity contribution >= 4 is 34.7 Å². The van der Waals surface area contributed by atoms with E-state index in [4.69, 9.17) is 21.6 Å². The number of carbonyl (C=O) groups excluding carboxylic acids is 1. The molecule has 5 nitrogen and oxygen atoms in total. The van der Waals surface area contributed by atoms with E-state index in [1.54, 1.807) is 12.1 Å². The summed E-state index contributed by atoms with van der Waals surface area (Å²) in [6.45, 7) is 4.57. The van der Waals surface area contributed by atoms with E-state index in [-0.39, 0.29) is 11.7 Å². The molecule has 2 fully saturated rings. The van der Waals surface area contributed by atoms with Crippen LogP contribution >= 0.6 is 22.9 Å². The van der Waals surface area contributed by atoms with Crippen LogP contribution in [-0.4, -0.2) is 47.0 Å². The van der Waals surface area contributed by atoms with Crippen LogP contribution in [0.2, 0.25) is 5.02 Å². The minimum atomic E-state index is -0.319. The van der Waals surface area contributed by atoms with Crippen molar-refractivity contribution in [3.8, 4) is 0 Å². The Kier molecular flexibility index (Phi) is 5.86. The van der Waals surface area contributed by atoms with Crippen LogP contribution in [0.1, 0.15) is 51.1 Å². The lowest BCUT2D eigenvalue weighted by Gasteiger charge is -2.36. The average Bonchev–Trinajstić information content (AvgIpc) is 3.50. The molecular formula is C24H24ClFN4OS. The number of thiophene rings is 1. The maximum Gasteiger partial charge on any atom is 0.264 e. The summed E-state index contributed by atoms with van der Waals surface area (Å²) in [5.74, 6) is 1.90. The molecule has 5 rings (SSSR count). The van der Waals surface area contributed by atoms with Gasteiger partial charge in [0, 0.05) is 60.4 Å². The van der Waals surface area contributed by atoms with Crippen molar-refractivity contribution in [2.45, 2.75) is 32.1 Å². The molecule has 2 aliphatic rings. The number of aromatic nitrogens is 2. The SMILES string of the molecule is Cc1nc(C2CC2)nc(N2CCN(C(=O)c3cccs3)CC2)c1Cc1c(F)cccc1Cl. The van der Waals surface area contributed by atoms with Gasteiger partial charge in [-0.15, -0.1) is 11.3 Å². The van der Waals surface area contributed by atoms with E-state index in [1.807, 2.05) is 29.3 Å². The van der Waals surface area contributed by atoms with Crippen molar-refractivity contribution < 1.29 is 9.18 Å². The fourth-order valence-electron chi connectivity index (χ4n) is 4.15. The maximum absolute atomic E-state index is 14.6. The second-order valence-corrected chi connectivity index (χ2v) is 9.73. The first-order valence-corrected chi connectivity index (χ1v) is 12.1. The third kappa shape index (κ3) is 4.24. The highest BCUT2D eigenvalue weighted by atomic mass is 35.5. The smallest absolute Gasteiger partial charge is 0.264 e. The highest BCUT2D eigenvalue weighted by molar-refractivity contribution is 7.12. The number of aryl methyl sites for hydroxylation is 1. The van der Waals surface area contributed by atoms with Gasteiger partial charge in [-0.25, -0.2) is 14.4 Å². The lowest BCUT2D eigenvalue weighted by molar-refractivity contribution is 0.0751. The molecule has 1 aliphatic carbocycles. The molecule has 166 valence electrons. The minimum Gasteiger partial charge on any atom is -0.353 e. The first-order valence-electron chi connectivity index (χ1n) is 10.9. The van der Waals surface area contributed by atoms with Crippen LogP contribution in [0.5, 0.6) is 0 Å². The Hall–Kier alpha value is -2.51. The van der Waals surface area contributed by atoms with Gasteiger partial charge in [-0.3, -0.25) is 4.79 Å². The Morgan fingerprint density at radius 1 is 1.12 bits per heavy atom. The number of halogens is 2. The van der Waals surface area contributed by atoms with Gasteiger partial charge in [-0.05, 0) is 43.3 Å². The number of carbonyl (C=O) groups is 1. The largest absolute Gasteiger partial charge is 0.353 e. The van der Waals surface area contributed by atoms with Gasteiger partial charge in [-0.1, -0.05) is 23.7 Å². The molecule has 0 spiro atoms. The van der Waals surface area contributed by atoms with Crippen molar-refractivity contribution in [3.05, 3.63) is 74.1 Å². The molecular weight excluding hydrogens is 447 g/mol. The molecule has 1 saturated heterocycles. The zero-order chi connectivity index (χ0) is 22.2. The molecule has 1 aliphatic heterocycles. The number of benzene rings is 1. The van der Waals surface area contributed by atoms with E-state index in [2.05, 4.69) is 4.90 Å². The number of anilines is 1. The van der Waals surface area contributed by atoms with Gasteiger partial charge < -0.3 is 9.80 Å². The van der Waals surface area contributed by atoms with Gasteiger partial charge in [-0.2, -0.15) is 0 Å². The summed E-state index contributed by atoms with van der Waals surface area (Å²) in [6.07, 6.45) is 2.56. The van der Waals surface area contributed by atoms with Gasteiger partial charge in [0.05, 0.1) is 4.88 Å².